The monoisotopic (exact) mass is 379 g/mol. The fourth-order valence-corrected chi connectivity index (χ4v) is 3.07. The molecule has 1 atom stereocenters. The van der Waals surface area contributed by atoms with Crippen LogP contribution in [0.5, 0.6) is 5.88 Å². The van der Waals surface area contributed by atoms with E-state index in [-0.39, 0.29) is 12.0 Å². The van der Waals surface area contributed by atoms with Crippen LogP contribution in [0.25, 0.3) is 11.3 Å². The van der Waals surface area contributed by atoms with Gasteiger partial charge in [0.25, 0.3) is 5.91 Å². The number of likely N-dealkylation sites (tertiary alicyclic amines) is 1. The average Bonchev–Trinajstić information content (AvgIpc) is 3.38. The van der Waals surface area contributed by atoms with Gasteiger partial charge in [-0.1, -0.05) is 35.5 Å². The van der Waals surface area contributed by atoms with Crippen molar-refractivity contribution < 1.29 is 14.1 Å². The Hall–Kier alpha value is -3.42. The van der Waals surface area contributed by atoms with Crippen molar-refractivity contribution in [3.8, 4) is 17.2 Å². The summed E-state index contributed by atoms with van der Waals surface area (Å²) >= 11 is 0. The maximum atomic E-state index is 12.7. The van der Waals surface area contributed by atoms with Gasteiger partial charge >= 0.3 is 0 Å². The van der Waals surface area contributed by atoms with Crippen LogP contribution in [0.4, 0.5) is 5.82 Å². The fourth-order valence-electron chi connectivity index (χ4n) is 3.07. The summed E-state index contributed by atoms with van der Waals surface area (Å²) in [6.07, 6.45) is 0.607. The number of aromatic nitrogens is 3. The lowest BCUT2D eigenvalue weighted by molar-refractivity contribution is 0.0761. The van der Waals surface area contributed by atoms with E-state index in [1.54, 1.807) is 17.0 Å². The molecular weight excluding hydrogens is 358 g/mol. The van der Waals surface area contributed by atoms with Crippen molar-refractivity contribution in [1.29, 1.82) is 0 Å². The standard InChI is InChI=1S/C20H21N5O3/c1-24(2)18-8-9-19(22-21-18)27-15-10-11-25(13-15)20(26)16-12-17(28-23-16)14-6-4-3-5-7-14/h3-9,12,15H,10-11,13H2,1-2H3. The molecule has 1 aromatic carbocycles. The maximum Gasteiger partial charge on any atom is 0.276 e. The Kier molecular flexibility index (Phi) is 4.92. The molecule has 1 aliphatic heterocycles. The zero-order valence-corrected chi connectivity index (χ0v) is 15.8. The molecule has 28 heavy (non-hydrogen) atoms. The molecule has 0 saturated carbocycles. The normalized spacial score (nSPS) is 16.2. The zero-order chi connectivity index (χ0) is 19.5. The van der Waals surface area contributed by atoms with Gasteiger partial charge in [-0.2, -0.15) is 0 Å². The van der Waals surface area contributed by atoms with Gasteiger partial charge in [0.1, 0.15) is 6.10 Å². The van der Waals surface area contributed by atoms with Crippen LogP contribution in [-0.2, 0) is 0 Å². The van der Waals surface area contributed by atoms with Crippen LogP contribution in [0.3, 0.4) is 0 Å². The minimum Gasteiger partial charge on any atom is -0.471 e. The molecule has 1 amide bonds. The van der Waals surface area contributed by atoms with Gasteiger partial charge in [-0.3, -0.25) is 4.79 Å². The lowest BCUT2D eigenvalue weighted by atomic mass is 10.1. The lowest BCUT2D eigenvalue weighted by Crippen LogP contribution is -2.31. The summed E-state index contributed by atoms with van der Waals surface area (Å²) in [5.74, 6) is 1.63. The number of rotatable bonds is 5. The van der Waals surface area contributed by atoms with E-state index in [0.717, 1.165) is 17.8 Å². The molecule has 1 unspecified atom stereocenters. The Labute approximate surface area is 162 Å². The van der Waals surface area contributed by atoms with Crippen molar-refractivity contribution in [2.75, 3.05) is 32.1 Å². The number of anilines is 1. The number of nitrogens with zero attached hydrogens (tertiary/aromatic N) is 5. The Morgan fingerprint density at radius 3 is 2.71 bits per heavy atom. The van der Waals surface area contributed by atoms with Gasteiger partial charge in [-0.05, 0) is 6.07 Å². The van der Waals surface area contributed by atoms with Gasteiger partial charge in [0, 0.05) is 44.8 Å². The molecule has 0 radical (unpaired) electrons. The largest absolute Gasteiger partial charge is 0.471 e. The van der Waals surface area contributed by atoms with E-state index in [0.29, 0.717) is 30.4 Å². The second-order valence-corrected chi connectivity index (χ2v) is 6.85. The predicted molar refractivity (Wildman–Crippen MR) is 103 cm³/mol. The van der Waals surface area contributed by atoms with Gasteiger partial charge in [-0.25, -0.2) is 0 Å². The molecule has 0 aliphatic carbocycles. The number of hydrogen-bond donors (Lipinski definition) is 0. The van der Waals surface area contributed by atoms with Crippen LogP contribution < -0.4 is 9.64 Å². The zero-order valence-electron chi connectivity index (χ0n) is 15.8. The molecule has 1 aliphatic rings. The van der Waals surface area contributed by atoms with E-state index < -0.39 is 0 Å². The van der Waals surface area contributed by atoms with Crippen LogP contribution in [0, 0.1) is 0 Å². The van der Waals surface area contributed by atoms with E-state index in [9.17, 15) is 4.79 Å². The summed E-state index contributed by atoms with van der Waals surface area (Å²) in [4.78, 5) is 16.3. The molecule has 0 spiro atoms. The van der Waals surface area contributed by atoms with E-state index in [2.05, 4.69) is 15.4 Å². The molecule has 4 rings (SSSR count). The van der Waals surface area contributed by atoms with Crippen LogP contribution in [0.2, 0.25) is 0 Å². The Morgan fingerprint density at radius 1 is 1.18 bits per heavy atom. The molecule has 3 aromatic rings. The Morgan fingerprint density at radius 2 is 2.00 bits per heavy atom. The summed E-state index contributed by atoms with van der Waals surface area (Å²) in [6, 6.07) is 14.9. The minimum absolute atomic E-state index is 0.121. The summed E-state index contributed by atoms with van der Waals surface area (Å²) in [5.41, 5.74) is 1.19. The van der Waals surface area contributed by atoms with Crippen LogP contribution in [0.15, 0.2) is 53.1 Å². The number of hydrogen-bond acceptors (Lipinski definition) is 7. The lowest BCUT2D eigenvalue weighted by Gasteiger charge is -2.16. The number of carbonyl (C=O) groups is 1. The summed E-state index contributed by atoms with van der Waals surface area (Å²) in [7, 11) is 3.80. The Bertz CT molecular complexity index is 940. The molecule has 1 saturated heterocycles. The highest BCUT2D eigenvalue weighted by Crippen LogP contribution is 2.23. The van der Waals surface area contributed by atoms with E-state index >= 15 is 0 Å². The highest BCUT2D eigenvalue weighted by atomic mass is 16.5. The highest BCUT2D eigenvalue weighted by Gasteiger charge is 2.30. The highest BCUT2D eigenvalue weighted by molar-refractivity contribution is 5.93. The quantitative estimate of drug-likeness (QED) is 0.673. The second kappa shape index (κ2) is 7.67. The van der Waals surface area contributed by atoms with Gasteiger partial charge in [0.15, 0.2) is 17.3 Å². The minimum atomic E-state index is -0.161. The van der Waals surface area contributed by atoms with Crippen molar-refractivity contribution in [1.82, 2.24) is 20.3 Å². The number of carbonyl (C=O) groups excluding carboxylic acids is 1. The van der Waals surface area contributed by atoms with Crippen molar-refractivity contribution in [2.24, 2.45) is 0 Å². The van der Waals surface area contributed by atoms with Crippen molar-refractivity contribution >= 4 is 11.7 Å². The van der Waals surface area contributed by atoms with Gasteiger partial charge in [-0.15, -0.1) is 10.2 Å². The number of amides is 1. The summed E-state index contributed by atoms with van der Waals surface area (Å²) < 4.78 is 11.2. The molecule has 8 heteroatoms. The van der Waals surface area contributed by atoms with E-state index in [1.165, 1.54) is 0 Å². The fraction of sp³-hybridized carbons (Fsp3) is 0.300. The third-order valence-electron chi connectivity index (χ3n) is 4.59. The predicted octanol–water partition coefficient (Wildman–Crippen LogP) is 2.49. The van der Waals surface area contributed by atoms with Crippen molar-refractivity contribution in [2.45, 2.75) is 12.5 Å². The SMILES string of the molecule is CN(C)c1ccc(OC2CCN(C(=O)c3cc(-c4ccccc4)on3)C2)nn1. The topological polar surface area (TPSA) is 84.6 Å². The van der Waals surface area contributed by atoms with Gasteiger partial charge < -0.3 is 19.1 Å². The third-order valence-corrected chi connectivity index (χ3v) is 4.59. The van der Waals surface area contributed by atoms with Crippen molar-refractivity contribution in [3.63, 3.8) is 0 Å². The van der Waals surface area contributed by atoms with Crippen LogP contribution >= 0.6 is 0 Å². The first-order chi connectivity index (χ1) is 13.6. The Balaban J connectivity index is 1.37. The molecule has 2 aromatic heterocycles. The first-order valence-electron chi connectivity index (χ1n) is 9.09. The molecule has 3 heterocycles. The smallest absolute Gasteiger partial charge is 0.276 e. The summed E-state index contributed by atoms with van der Waals surface area (Å²) in [5, 5.41) is 12.1. The molecule has 0 bridgehead atoms. The summed E-state index contributed by atoms with van der Waals surface area (Å²) in [6.45, 7) is 1.07. The van der Waals surface area contributed by atoms with E-state index in [1.807, 2.05) is 55.4 Å². The first-order valence-corrected chi connectivity index (χ1v) is 9.09. The van der Waals surface area contributed by atoms with Gasteiger partial charge in [0.2, 0.25) is 5.88 Å². The average molecular weight is 379 g/mol. The number of benzene rings is 1. The van der Waals surface area contributed by atoms with Crippen LogP contribution in [0.1, 0.15) is 16.9 Å². The third kappa shape index (κ3) is 3.80. The molecule has 8 nitrogen and oxygen atoms in total. The molecule has 1 fully saturated rings. The first kappa shape index (κ1) is 18.0. The van der Waals surface area contributed by atoms with E-state index in [4.69, 9.17) is 9.26 Å². The molecular formula is C20H21N5O3. The maximum absolute atomic E-state index is 12.7. The number of ether oxygens (including phenoxy) is 1. The second-order valence-electron chi connectivity index (χ2n) is 6.85. The van der Waals surface area contributed by atoms with Crippen molar-refractivity contribution in [3.05, 3.63) is 54.2 Å². The van der Waals surface area contributed by atoms with Gasteiger partial charge in [0.05, 0.1) is 6.54 Å². The molecule has 0 N–H and O–H groups in total. The van der Waals surface area contributed by atoms with Crippen LogP contribution in [-0.4, -0.2) is 59.4 Å². The molecule has 144 valence electrons.